The van der Waals surface area contributed by atoms with Gasteiger partial charge in [0.05, 0.1) is 13.3 Å². The van der Waals surface area contributed by atoms with Crippen molar-refractivity contribution in [2.75, 3.05) is 7.11 Å². The third-order valence-corrected chi connectivity index (χ3v) is 3.57. The van der Waals surface area contributed by atoms with Gasteiger partial charge in [-0.3, -0.25) is 4.79 Å². The molecule has 7 heteroatoms. The molecule has 0 aromatic heterocycles. The number of hydrogen-bond donors (Lipinski definition) is 2. The predicted octanol–water partition coefficient (Wildman–Crippen LogP) is 3.36. The zero-order valence-electron chi connectivity index (χ0n) is 14.1. The number of carbonyl (C=O) groups is 1. The summed E-state index contributed by atoms with van der Waals surface area (Å²) < 4.78 is 10.7. The van der Waals surface area contributed by atoms with Crippen molar-refractivity contribution in [2.45, 2.75) is 19.4 Å². The van der Waals surface area contributed by atoms with Gasteiger partial charge in [-0.25, -0.2) is 5.43 Å². The van der Waals surface area contributed by atoms with Crippen molar-refractivity contribution < 1.29 is 19.4 Å². The maximum atomic E-state index is 12.3. The van der Waals surface area contributed by atoms with Crippen LogP contribution in [0.3, 0.4) is 0 Å². The minimum Gasteiger partial charge on any atom is -0.504 e. The van der Waals surface area contributed by atoms with Crippen LogP contribution in [-0.4, -0.2) is 29.9 Å². The molecule has 25 heavy (non-hydrogen) atoms. The van der Waals surface area contributed by atoms with Crippen LogP contribution in [0.4, 0.5) is 0 Å². The second-order valence-corrected chi connectivity index (χ2v) is 6.13. The molecule has 0 radical (unpaired) electrons. The summed E-state index contributed by atoms with van der Waals surface area (Å²) >= 11 is 5.82. The van der Waals surface area contributed by atoms with E-state index >= 15 is 0 Å². The Morgan fingerprint density at radius 1 is 1.24 bits per heavy atom. The van der Waals surface area contributed by atoms with Crippen molar-refractivity contribution in [3.8, 4) is 17.2 Å². The van der Waals surface area contributed by atoms with E-state index in [0.717, 1.165) is 0 Å². The van der Waals surface area contributed by atoms with Gasteiger partial charge in [0.15, 0.2) is 17.1 Å². The minimum absolute atomic E-state index is 0.0289. The number of nitrogens with zero attached hydrogens (tertiary/aromatic N) is 1. The highest BCUT2D eigenvalue weighted by Gasteiger charge is 2.29. The smallest absolute Gasteiger partial charge is 0.283 e. The first-order chi connectivity index (χ1) is 11.8. The number of hydrogen-bond acceptors (Lipinski definition) is 5. The number of phenolic OH excluding ortho intramolecular Hbond substituents is 1. The second-order valence-electron chi connectivity index (χ2n) is 5.70. The molecule has 0 aliphatic rings. The van der Waals surface area contributed by atoms with Crippen molar-refractivity contribution in [3.05, 3.63) is 53.1 Å². The number of hydrazone groups is 1. The summed E-state index contributed by atoms with van der Waals surface area (Å²) in [5.41, 5.74) is 1.96. The molecule has 0 fully saturated rings. The van der Waals surface area contributed by atoms with Gasteiger partial charge in [0.2, 0.25) is 0 Å². The Hall–Kier alpha value is -2.73. The first-order valence-electron chi connectivity index (χ1n) is 7.47. The standard InChI is InChI=1S/C18H19ClN2O4/c1-18(2,25-14-7-5-13(19)6-8-14)17(23)21-20-11-12-4-9-15(22)16(10-12)24-3/h4-11,22H,1-3H3,(H,21,23)/b20-11+. The normalized spacial score (nSPS) is 11.4. The topological polar surface area (TPSA) is 80.2 Å². The Morgan fingerprint density at radius 3 is 2.56 bits per heavy atom. The van der Waals surface area contributed by atoms with Gasteiger partial charge in [0.1, 0.15) is 5.75 Å². The van der Waals surface area contributed by atoms with Crippen LogP contribution in [0, 0.1) is 0 Å². The van der Waals surface area contributed by atoms with E-state index < -0.39 is 11.5 Å². The number of halogens is 1. The van der Waals surface area contributed by atoms with Crippen LogP contribution < -0.4 is 14.9 Å². The van der Waals surface area contributed by atoms with Crippen LogP contribution in [0.1, 0.15) is 19.4 Å². The number of amides is 1. The molecule has 2 rings (SSSR count). The van der Waals surface area contributed by atoms with Crippen LogP contribution in [0.25, 0.3) is 0 Å². The van der Waals surface area contributed by atoms with Crippen molar-refractivity contribution >= 4 is 23.7 Å². The molecule has 0 spiro atoms. The number of aromatic hydroxyl groups is 1. The Bertz CT molecular complexity index is 773. The average molecular weight is 363 g/mol. The van der Waals surface area contributed by atoms with Gasteiger partial charge in [0, 0.05) is 5.02 Å². The summed E-state index contributed by atoms with van der Waals surface area (Å²) in [4.78, 5) is 12.3. The monoisotopic (exact) mass is 362 g/mol. The Balaban J connectivity index is 1.99. The second kappa shape index (κ2) is 7.90. The van der Waals surface area contributed by atoms with Crippen molar-refractivity contribution in [3.63, 3.8) is 0 Å². The quantitative estimate of drug-likeness (QED) is 0.610. The highest BCUT2D eigenvalue weighted by molar-refractivity contribution is 6.30. The zero-order valence-corrected chi connectivity index (χ0v) is 14.9. The maximum absolute atomic E-state index is 12.3. The van der Waals surface area contributed by atoms with Crippen molar-refractivity contribution in [1.82, 2.24) is 5.43 Å². The number of benzene rings is 2. The highest BCUT2D eigenvalue weighted by atomic mass is 35.5. The number of methoxy groups -OCH3 is 1. The lowest BCUT2D eigenvalue weighted by atomic mass is 10.1. The molecule has 2 N–H and O–H groups in total. The number of phenols is 1. The average Bonchev–Trinajstić information content (AvgIpc) is 2.58. The molecular formula is C18H19ClN2O4. The summed E-state index contributed by atoms with van der Waals surface area (Å²) in [7, 11) is 1.45. The maximum Gasteiger partial charge on any atom is 0.283 e. The van der Waals surface area contributed by atoms with Crippen LogP contribution in [0.15, 0.2) is 47.6 Å². The Morgan fingerprint density at radius 2 is 1.92 bits per heavy atom. The van der Waals surface area contributed by atoms with E-state index in [2.05, 4.69) is 10.5 Å². The third-order valence-electron chi connectivity index (χ3n) is 3.32. The van der Waals surface area contributed by atoms with Crippen LogP contribution in [0.2, 0.25) is 5.02 Å². The van der Waals surface area contributed by atoms with E-state index in [0.29, 0.717) is 22.1 Å². The van der Waals surface area contributed by atoms with E-state index in [1.54, 1.807) is 50.2 Å². The van der Waals surface area contributed by atoms with Gasteiger partial charge in [-0.1, -0.05) is 11.6 Å². The zero-order chi connectivity index (χ0) is 18.4. The molecule has 0 aliphatic heterocycles. The lowest BCUT2D eigenvalue weighted by molar-refractivity contribution is -0.134. The molecule has 1 amide bonds. The largest absolute Gasteiger partial charge is 0.504 e. The first kappa shape index (κ1) is 18.6. The Kier molecular flexibility index (Phi) is 5.88. The summed E-state index contributed by atoms with van der Waals surface area (Å²) in [5.74, 6) is 0.462. The number of carbonyl (C=O) groups excluding carboxylic acids is 1. The minimum atomic E-state index is -1.13. The van der Waals surface area contributed by atoms with Gasteiger partial charge >= 0.3 is 0 Å². The summed E-state index contributed by atoms with van der Waals surface area (Å²) in [5, 5.41) is 14.0. The lowest BCUT2D eigenvalue weighted by Gasteiger charge is -2.24. The lowest BCUT2D eigenvalue weighted by Crippen LogP contribution is -2.44. The van der Waals surface area contributed by atoms with E-state index in [1.807, 2.05) is 0 Å². The molecule has 0 unspecified atom stereocenters. The highest BCUT2D eigenvalue weighted by Crippen LogP contribution is 2.25. The third kappa shape index (κ3) is 5.12. The molecule has 0 bridgehead atoms. The van der Waals surface area contributed by atoms with Gasteiger partial charge in [0.25, 0.3) is 5.91 Å². The molecule has 0 saturated carbocycles. The number of nitrogens with one attached hydrogen (secondary N) is 1. The fraction of sp³-hybridized carbons (Fsp3) is 0.222. The summed E-state index contributed by atoms with van der Waals surface area (Å²) in [6.45, 7) is 3.27. The predicted molar refractivity (Wildman–Crippen MR) is 96.6 cm³/mol. The molecule has 0 aliphatic carbocycles. The van der Waals surface area contributed by atoms with E-state index in [-0.39, 0.29) is 5.75 Å². The molecule has 6 nitrogen and oxygen atoms in total. The summed E-state index contributed by atoms with van der Waals surface area (Å²) in [6.07, 6.45) is 1.44. The SMILES string of the molecule is COc1cc(/C=N/NC(=O)C(C)(C)Oc2ccc(Cl)cc2)ccc1O. The van der Waals surface area contributed by atoms with Gasteiger partial charge < -0.3 is 14.6 Å². The van der Waals surface area contributed by atoms with Crippen LogP contribution in [0.5, 0.6) is 17.2 Å². The molecule has 2 aromatic carbocycles. The van der Waals surface area contributed by atoms with Crippen LogP contribution >= 0.6 is 11.6 Å². The number of ether oxygens (including phenoxy) is 2. The van der Waals surface area contributed by atoms with Crippen molar-refractivity contribution in [1.29, 1.82) is 0 Å². The van der Waals surface area contributed by atoms with Gasteiger partial charge in [-0.2, -0.15) is 5.10 Å². The van der Waals surface area contributed by atoms with E-state index in [4.69, 9.17) is 21.1 Å². The molecule has 0 saturated heterocycles. The molecule has 132 valence electrons. The first-order valence-corrected chi connectivity index (χ1v) is 7.85. The van der Waals surface area contributed by atoms with E-state index in [9.17, 15) is 9.90 Å². The molecule has 0 heterocycles. The van der Waals surface area contributed by atoms with Crippen molar-refractivity contribution in [2.24, 2.45) is 5.10 Å². The number of rotatable bonds is 6. The fourth-order valence-corrected chi connectivity index (χ4v) is 2.04. The fourth-order valence-electron chi connectivity index (χ4n) is 1.92. The Labute approximate surface area is 151 Å². The molecular weight excluding hydrogens is 344 g/mol. The van der Waals surface area contributed by atoms with E-state index in [1.165, 1.54) is 19.4 Å². The van der Waals surface area contributed by atoms with Crippen LogP contribution in [-0.2, 0) is 4.79 Å². The summed E-state index contributed by atoms with van der Waals surface area (Å²) in [6, 6.07) is 11.5. The van der Waals surface area contributed by atoms with Gasteiger partial charge in [-0.05, 0) is 61.9 Å². The van der Waals surface area contributed by atoms with Gasteiger partial charge in [-0.15, -0.1) is 0 Å². The molecule has 0 atom stereocenters. The molecule has 2 aromatic rings.